The van der Waals surface area contributed by atoms with Crippen LogP contribution in [-0.4, -0.2) is 32.6 Å². The van der Waals surface area contributed by atoms with E-state index >= 15 is 0 Å². The summed E-state index contributed by atoms with van der Waals surface area (Å²) in [6.45, 7) is 0.101. The van der Waals surface area contributed by atoms with Crippen LogP contribution in [0.3, 0.4) is 0 Å². The van der Waals surface area contributed by atoms with Crippen molar-refractivity contribution in [2.24, 2.45) is 0 Å². The summed E-state index contributed by atoms with van der Waals surface area (Å²) in [7, 11) is 0. The molecule has 26 heavy (non-hydrogen) atoms. The van der Waals surface area contributed by atoms with E-state index in [0.29, 0.717) is 16.7 Å². The molecule has 2 aromatic rings. The molecule has 1 aromatic heterocycles. The van der Waals surface area contributed by atoms with Crippen LogP contribution < -0.4 is 15.9 Å². The number of carbonyl (C=O) groups excluding carboxylic acids is 1. The van der Waals surface area contributed by atoms with Gasteiger partial charge in [0.05, 0.1) is 5.75 Å². The molecule has 1 fully saturated rings. The monoisotopic (exact) mass is 379 g/mol. The van der Waals surface area contributed by atoms with Gasteiger partial charge in [0.1, 0.15) is 18.2 Å². The van der Waals surface area contributed by atoms with E-state index < -0.39 is 0 Å². The van der Waals surface area contributed by atoms with Crippen molar-refractivity contribution in [2.45, 2.75) is 49.9 Å². The number of nitrogens with two attached hydrogens (primary N) is 1. The SMILES string of the molecule is Nn1c(COc2ccc(F)cc2)nnc1SCC(=O)NC1CCCCC1. The molecule has 1 aliphatic rings. The summed E-state index contributed by atoms with van der Waals surface area (Å²) in [6.07, 6.45) is 5.70. The van der Waals surface area contributed by atoms with E-state index in [1.165, 1.54) is 60.0 Å². The van der Waals surface area contributed by atoms with E-state index in [1.54, 1.807) is 0 Å². The molecule has 0 spiro atoms. The van der Waals surface area contributed by atoms with Crippen molar-refractivity contribution in [3.05, 3.63) is 35.9 Å². The summed E-state index contributed by atoms with van der Waals surface area (Å²) in [6, 6.07) is 5.96. The predicted molar refractivity (Wildman–Crippen MR) is 96.6 cm³/mol. The molecule has 1 aliphatic carbocycles. The Balaban J connectivity index is 1.47. The average Bonchev–Trinajstić information content (AvgIpc) is 3.00. The van der Waals surface area contributed by atoms with Crippen molar-refractivity contribution < 1.29 is 13.9 Å². The Kier molecular flexibility index (Phi) is 6.32. The van der Waals surface area contributed by atoms with Gasteiger partial charge in [-0.2, -0.15) is 0 Å². The second-order valence-electron chi connectivity index (χ2n) is 6.20. The van der Waals surface area contributed by atoms with Crippen LogP contribution in [0.2, 0.25) is 0 Å². The van der Waals surface area contributed by atoms with Gasteiger partial charge in [0, 0.05) is 6.04 Å². The zero-order chi connectivity index (χ0) is 18.4. The molecule has 140 valence electrons. The second-order valence-corrected chi connectivity index (χ2v) is 7.15. The van der Waals surface area contributed by atoms with Gasteiger partial charge in [-0.05, 0) is 37.1 Å². The first-order valence-corrected chi connectivity index (χ1v) is 9.60. The Hall–Kier alpha value is -2.29. The van der Waals surface area contributed by atoms with Crippen molar-refractivity contribution in [3.8, 4) is 5.75 Å². The summed E-state index contributed by atoms with van der Waals surface area (Å²) < 4.78 is 19.7. The number of nitrogen functional groups attached to an aromatic ring is 1. The molecule has 0 saturated heterocycles. The lowest BCUT2D eigenvalue weighted by molar-refractivity contribution is -0.119. The van der Waals surface area contributed by atoms with Crippen molar-refractivity contribution in [3.63, 3.8) is 0 Å². The van der Waals surface area contributed by atoms with E-state index in [9.17, 15) is 9.18 Å². The van der Waals surface area contributed by atoms with Crippen LogP contribution in [0.25, 0.3) is 0 Å². The first kappa shape index (κ1) is 18.5. The zero-order valence-corrected chi connectivity index (χ0v) is 15.2. The van der Waals surface area contributed by atoms with Crippen molar-refractivity contribution in [2.75, 3.05) is 11.6 Å². The first-order valence-electron chi connectivity index (χ1n) is 8.61. The number of carbonyl (C=O) groups is 1. The maximum absolute atomic E-state index is 12.9. The van der Waals surface area contributed by atoms with Crippen LogP contribution in [0.5, 0.6) is 5.75 Å². The van der Waals surface area contributed by atoms with Crippen LogP contribution in [0.4, 0.5) is 4.39 Å². The van der Waals surface area contributed by atoms with Gasteiger partial charge in [0.25, 0.3) is 0 Å². The highest BCUT2D eigenvalue weighted by atomic mass is 32.2. The third kappa shape index (κ3) is 5.10. The van der Waals surface area contributed by atoms with Crippen LogP contribution in [0.1, 0.15) is 37.9 Å². The van der Waals surface area contributed by atoms with Gasteiger partial charge >= 0.3 is 0 Å². The third-order valence-corrected chi connectivity index (χ3v) is 5.16. The van der Waals surface area contributed by atoms with Gasteiger partial charge in [-0.3, -0.25) is 4.79 Å². The smallest absolute Gasteiger partial charge is 0.230 e. The molecular weight excluding hydrogens is 357 g/mol. The number of nitrogens with one attached hydrogen (secondary N) is 1. The summed E-state index contributed by atoms with van der Waals surface area (Å²) in [5, 5.41) is 11.5. The number of amides is 1. The lowest BCUT2D eigenvalue weighted by Gasteiger charge is -2.22. The van der Waals surface area contributed by atoms with Gasteiger partial charge in [-0.25, -0.2) is 9.07 Å². The van der Waals surface area contributed by atoms with E-state index in [-0.39, 0.29) is 30.1 Å². The molecule has 3 rings (SSSR count). The van der Waals surface area contributed by atoms with E-state index in [1.807, 2.05) is 0 Å². The number of ether oxygens (including phenoxy) is 1. The minimum atomic E-state index is -0.329. The minimum absolute atomic E-state index is 0.0194. The Labute approximate surface area is 155 Å². The molecule has 9 heteroatoms. The number of hydrogen-bond acceptors (Lipinski definition) is 6. The third-order valence-electron chi connectivity index (χ3n) is 4.22. The molecule has 1 heterocycles. The standard InChI is InChI=1S/C17H22FN5O2S/c18-12-6-8-14(9-7-12)25-10-15-21-22-17(23(15)19)26-11-16(24)20-13-4-2-1-3-5-13/h6-9,13H,1-5,10-11,19H2,(H,20,24). The Morgan fingerprint density at radius 2 is 2.00 bits per heavy atom. The van der Waals surface area contributed by atoms with Gasteiger partial charge in [-0.1, -0.05) is 31.0 Å². The number of benzene rings is 1. The maximum Gasteiger partial charge on any atom is 0.230 e. The van der Waals surface area contributed by atoms with E-state index in [4.69, 9.17) is 10.6 Å². The number of hydrogen-bond donors (Lipinski definition) is 2. The van der Waals surface area contributed by atoms with Gasteiger partial charge in [0.15, 0.2) is 5.82 Å². The fraction of sp³-hybridized carbons (Fsp3) is 0.471. The molecule has 0 unspecified atom stereocenters. The molecule has 0 bridgehead atoms. The summed E-state index contributed by atoms with van der Waals surface area (Å²) in [5.41, 5.74) is 0. The maximum atomic E-state index is 12.9. The number of thioether (sulfide) groups is 1. The summed E-state index contributed by atoms with van der Waals surface area (Å²) in [5.74, 6) is 6.78. The summed E-state index contributed by atoms with van der Waals surface area (Å²) in [4.78, 5) is 12.1. The second kappa shape index (κ2) is 8.88. The molecule has 1 saturated carbocycles. The van der Waals surface area contributed by atoms with Crippen molar-refractivity contribution in [1.82, 2.24) is 20.2 Å². The lowest BCUT2D eigenvalue weighted by Crippen LogP contribution is -2.37. The molecule has 7 nitrogen and oxygen atoms in total. The van der Waals surface area contributed by atoms with Gasteiger partial charge in [-0.15, -0.1) is 10.2 Å². The highest BCUT2D eigenvalue weighted by molar-refractivity contribution is 7.99. The predicted octanol–water partition coefficient (Wildman–Crippen LogP) is 2.25. The minimum Gasteiger partial charge on any atom is -0.486 e. The van der Waals surface area contributed by atoms with Gasteiger partial charge in [0.2, 0.25) is 11.1 Å². The van der Waals surface area contributed by atoms with E-state index in [2.05, 4.69) is 15.5 Å². The normalized spacial score (nSPS) is 15.0. The lowest BCUT2D eigenvalue weighted by atomic mass is 9.95. The number of aromatic nitrogens is 3. The first-order chi connectivity index (χ1) is 12.6. The fourth-order valence-electron chi connectivity index (χ4n) is 2.83. The molecule has 1 aromatic carbocycles. The van der Waals surface area contributed by atoms with Crippen molar-refractivity contribution >= 4 is 17.7 Å². The number of rotatable bonds is 7. The molecule has 1 amide bonds. The Bertz CT molecular complexity index is 731. The van der Waals surface area contributed by atoms with Crippen LogP contribution in [-0.2, 0) is 11.4 Å². The molecule has 3 N–H and O–H groups in total. The van der Waals surface area contributed by atoms with Crippen LogP contribution in [0.15, 0.2) is 29.4 Å². The topological polar surface area (TPSA) is 95.1 Å². The fourth-order valence-corrected chi connectivity index (χ4v) is 3.52. The molecule has 0 atom stereocenters. The van der Waals surface area contributed by atoms with E-state index in [0.717, 1.165) is 12.8 Å². The number of nitrogens with zero attached hydrogens (tertiary/aromatic N) is 3. The molecule has 0 radical (unpaired) electrons. The average molecular weight is 379 g/mol. The highest BCUT2D eigenvalue weighted by Gasteiger charge is 2.17. The summed E-state index contributed by atoms with van der Waals surface area (Å²) >= 11 is 1.24. The van der Waals surface area contributed by atoms with Crippen LogP contribution in [0, 0.1) is 5.82 Å². The quantitative estimate of drug-likeness (QED) is 0.566. The Morgan fingerprint density at radius 3 is 2.73 bits per heavy atom. The van der Waals surface area contributed by atoms with Crippen LogP contribution >= 0.6 is 11.8 Å². The molecule has 0 aliphatic heterocycles. The number of halogens is 1. The van der Waals surface area contributed by atoms with Gasteiger partial charge < -0.3 is 15.9 Å². The Morgan fingerprint density at radius 1 is 1.27 bits per heavy atom. The largest absolute Gasteiger partial charge is 0.486 e. The zero-order valence-electron chi connectivity index (χ0n) is 14.4. The highest BCUT2D eigenvalue weighted by Crippen LogP contribution is 2.19. The van der Waals surface area contributed by atoms with Crippen molar-refractivity contribution in [1.29, 1.82) is 0 Å². The molecular formula is C17H22FN5O2S.